The van der Waals surface area contributed by atoms with E-state index in [-0.39, 0.29) is 111 Å². The number of fused-ring (bicyclic) bond motifs is 6. The van der Waals surface area contributed by atoms with Crippen molar-refractivity contribution in [2.45, 2.75) is 86.8 Å². The van der Waals surface area contributed by atoms with Gasteiger partial charge in [0.15, 0.2) is 11.3 Å². The quantitative estimate of drug-likeness (QED) is 0.0135. The van der Waals surface area contributed by atoms with Crippen LogP contribution < -0.4 is 9.47 Å². The Bertz CT molecular complexity index is 4620. The number of imidazole rings is 1. The van der Waals surface area contributed by atoms with E-state index in [0.29, 0.717) is 54.9 Å². The van der Waals surface area contributed by atoms with Crippen LogP contribution in [-0.4, -0.2) is 126 Å². The molecule has 7 N–H and O–H groups in total. The van der Waals surface area contributed by atoms with Gasteiger partial charge in [-0.05, 0) is 123 Å². The molecule has 0 unspecified atom stereocenters. The lowest BCUT2D eigenvalue weighted by molar-refractivity contribution is 0.293. The van der Waals surface area contributed by atoms with Gasteiger partial charge in [-0.3, -0.25) is 22.6 Å². The molecule has 0 amide bonds. The Balaban J connectivity index is 0.000000803. The van der Waals surface area contributed by atoms with Crippen LogP contribution in [0, 0.1) is 38.0 Å². The van der Waals surface area contributed by atoms with Gasteiger partial charge in [0.25, 0.3) is 40.5 Å². The lowest BCUT2D eigenvalue weighted by Gasteiger charge is -2.24. The van der Waals surface area contributed by atoms with Crippen molar-refractivity contribution < 1.29 is 76.7 Å². The lowest BCUT2D eigenvalue weighted by atomic mass is 9.82. The molecule has 5 aromatic carbocycles. The molecule has 462 valence electrons. The summed E-state index contributed by atoms with van der Waals surface area (Å²) in [7, 11) is -15.0. The van der Waals surface area contributed by atoms with Gasteiger partial charge in [0.1, 0.15) is 49.8 Å². The molecule has 3 heterocycles. The first-order valence-electron chi connectivity index (χ1n) is 26.4. The third kappa shape index (κ3) is 15.6. The number of aryl methyl sites for hydroxylation is 2. The van der Waals surface area contributed by atoms with Gasteiger partial charge in [0.2, 0.25) is 11.0 Å². The van der Waals surface area contributed by atoms with Crippen molar-refractivity contribution in [2.24, 2.45) is 36.6 Å². The molecule has 33 heteroatoms. The summed E-state index contributed by atoms with van der Waals surface area (Å²) in [6.07, 6.45) is 5.84. The van der Waals surface area contributed by atoms with Gasteiger partial charge in [-0.25, -0.2) is 9.97 Å². The second-order valence-electron chi connectivity index (χ2n) is 20.1. The lowest BCUT2D eigenvalue weighted by Crippen LogP contribution is -2.13. The van der Waals surface area contributed by atoms with E-state index in [1.165, 1.54) is 70.4 Å². The number of thioether (sulfide) groups is 1. The highest BCUT2D eigenvalue weighted by molar-refractivity contribution is 7.99. The SMILES string of the molecule is COc1cc(S(=O)(=O)O)c2c(c1)nc1c(C#N)c(C)c(N=Nc3cc(C)c(N=Nc4cc(OC)c(N=Nc5nc6c(S(=O)(=O)O)cc7c(CCO)cc(CCO)cc7c6s5)cc4SCCCS(=O)(=O)O)cc3C)c(O)n12.O=S(=O)(O)CCCC1CCC1. The first kappa shape index (κ1) is 65.8. The second kappa shape index (κ2) is 27.0. The number of azo groups is 3. The van der Waals surface area contributed by atoms with Gasteiger partial charge in [0.05, 0.1) is 52.8 Å². The maximum absolute atomic E-state index is 12.7. The molecule has 27 nitrogen and oxygen atoms in total. The van der Waals surface area contributed by atoms with Gasteiger partial charge >= 0.3 is 0 Å². The van der Waals surface area contributed by atoms with E-state index in [2.05, 4.69) is 40.7 Å². The number of rotatable bonds is 23. The first-order chi connectivity index (χ1) is 41.1. The number of benzene rings is 5. The van der Waals surface area contributed by atoms with Crippen molar-refractivity contribution in [1.29, 1.82) is 5.26 Å². The molecule has 0 saturated heterocycles. The van der Waals surface area contributed by atoms with Crippen LogP contribution in [0.1, 0.15) is 71.9 Å². The van der Waals surface area contributed by atoms with Gasteiger partial charge in [-0.2, -0.15) is 49.2 Å². The summed E-state index contributed by atoms with van der Waals surface area (Å²) in [6, 6.07) is 15.6. The van der Waals surface area contributed by atoms with Gasteiger partial charge in [-0.15, -0.1) is 32.2 Å². The van der Waals surface area contributed by atoms with E-state index >= 15 is 0 Å². The Kier molecular flexibility index (Phi) is 20.4. The van der Waals surface area contributed by atoms with Crippen molar-refractivity contribution in [1.82, 2.24) is 14.4 Å². The third-order valence-corrected chi connectivity index (χ3v) is 19.5. The number of aliphatic hydroxyl groups is 2. The van der Waals surface area contributed by atoms with E-state index in [0.717, 1.165) is 39.7 Å². The van der Waals surface area contributed by atoms with Crippen LogP contribution in [0.15, 0.2) is 100.0 Å². The number of nitriles is 1. The molecule has 0 spiro atoms. The molecule has 9 rings (SSSR count). The number of hydrogen-bond acceptors (Lipinski definition) is 24. The van der Waals surface area contributed by atoms with Gasteiger partial charge in [0, 0.05) is 47.3 Å². The molecule has 0 radical (unpaired) electrons. The summed E-state index contributed by atoms with van der Waals surface area (Å²) in [5.74, 6) is -0.0762. The minimum absolute atomic E-state index is 0.00643. The Morgan fingerprint density at radius 2 is 1.34 bits per heavy atom. The number of pyridine rings is 1. The minimum atomic E-state index is -4.91. The first-order valence-corrected chi connectivity index (χ1v) is 34.3. The fourth-order valence-electron chi connectivity index (χ4n) is 9.53. The number of hydrogen-bond donors (Lipinski definition) is 7. The molecule has 1 saturated carbocycles. The van der Waals surface area contributed by atoms with Crippen molar-refractivity contribution >= 4 is 135 Å². The molecular formula is C54H58N10O17S6. The van der Waals surface area contributed by atoms with E-state index in [9.17, 15) is 67.9 Å². The highest BCUT2D eigenvalue weighted by atomic mass is 32.2. The third-order valence-electron chi connectivity index (χ3n) is 14.0. The number of aromatic hydroxyl groups is 1. The molecule has 0 atom stereocenters. The van der Waals surface area contributed by atoms with Crippen molar-refractivity contribution in [3.8, 4) is 23.4 Å². The maximum Gasteiger partial charge on any atom is 0.296 e. The summed E-state index contributed by atoms with van der Waals surface area (Å²) in [6.45, 7) is 4.52. The van der Waals surface area contributed by atoms with E-state index in [4.69, 9.17) is 14.0 Å². The normalized spacial score (nSPS) is 13.6. The second-order valence-corrected chi connectivity index (χ2v) is 28.1. The Labute approximate surface area is 507 Å². The zero-order chi connectivity index (χ0) is 63.3. The predicted molar refractivity (Wildman–Crippen MR) is 325 cm³/mol. The summed E-state index contributed by atoms with van der Waals surface area (Å²) in [5.41, 5.74) is 3.00. The van der Waals surface area contributed by atoms with E-state index < -0.39 is 61.9 Å². The van der Waals surface area contributed by atoms with Crippen LogP contribution in [0.3, 0.4) is 0 Å². The molecule has 8 aromatic rings. The predicted octanol–water partition coefficient (Wildman–Crippen LogP) is 11.4. The van der Waals surface area contributed by atoms with Crippen LogP contribution in [0.25, 0.3) is 37.7 Å². The van der Waals surface area contributed by atoms with Gasteiger partial charge in [-0.1, -0.05) is 36.7 Å². The smallest absolute Gasteiger partial charge is 0.296 e. The van der Waals surface area contributed by atoms with Crippen LogP contribution >= 0.6 is 23.1 Å². The molecule has 1 fully saturated rings. The average Bonchev–Trinajstić information content (AvgIpc) is 1.68. The highest BCUT2D eigenvalue weighted by Crippen LogP contribution is 2.46. The summed E-state index contributed by atoms with van der Waals surface area (Å²) in [4.78, 5) is 8.12. The molecular weight excluding hydrogens is 1250 g/mol. The Hall–Kier alpha value is -7.20. The van der Waals surface area contributed by atoms with Gasteiger partial charge < -0.3 is 24.8 Å². The standard InChI is InChI=1S/C47H44N10O14S5.C7H14O3S/c1-23-14-33(52-55-41-25(3)31(22-48)45-49-36-17-28(70-4)18-40(76(67,68)69)43(36)57(45)46(41)60)24(2)13-32(23)51-54-35-20-37(71-5)34(21-38(35)72-11-6-12-74(61,62)63)53-56-47-50-42-39(75(64,65)66)19-29-27(8-10-59)15-26(7-9-58)16-30(29)44(42)73-47;8-11(9,10)6-2-5-7-3-1-4-7/h13-21,58-60H,6-12H2,1-5H3,(H,61,62,63)(H,64,65,66)(H,67,68,69);7H,1-6H2,(H,8,9,10). The monoisotopic (exact) mass is 1310 g/mol. The topological polar surface area (TPSA) is 425 Å². The zero-order valence-electron chi connectivity index (χ0n) is 47.1. The van der Waals surface area contributed by atoms with Crippen LogP contribution in [0.2, 0.25) is 0 Å². The maximum atomic E-state index is 12.7. The van der Waals surface area contributed by atoms with E-state index in [1.54, 1.807) is 44.2 Å². The zero-order valence-corrected chi connectivity index (χ0v) is 52.0. The molecule has 87 heavy (non-hydrogen) atoms. The number of thiazole rings is 1. The van der Waals surface area contributed by atoms with Crippen LogP contribution in [0.4, 0.5) is 33.6 Å². The molecule has 0 aliphatic heterocycles. The molecule has 1 aliphatic rings. The van der Waals surface area contributed by atoms with Crippen molar-refractivity contribution in [2.75, 3.05) is 44.7 Å². The Morgan fingerprint density at radius 3 is 1.93 bits per heavy atom. The highest BCUT2D eigenvalue weighted by Gasteiger charge is 2.28. The summed E-state index contributed by atoms with van der Waals surface area (Å²) < 4.78 is 144. The fraction of sp³-hybridized carbons (Fsp3) is 0.352. The number of methoxy groups -OCH3 is 2. The van der Waals surface area contributed by atoms with Crippen LogP contribution in [0.5, 0.6) is 17.4 Å². The molecule has 0 bridgehead atoms. The minimum Gasteiger partial charge on any atom is -0.497 e. The fourth-order valence-corrected chi connectivity index (χ4v) is 14.1. The average molecular weight is 1310 g/mol. The number of ether oxygens (including phenoxy) is 2. The summed E-state index contributed by atoms with van der Waals surface area (Å²) >= 11 is 2.16. The summed E-state index contributed by atoms with van der Waals surface area (Å²) in [5, 5.41) is 68.7. The molecule has 1 aliphatic carbocycles. The van der Waals surface area contributed by atoms with Crippen molar-refractivity contribution in [3.05, 3.63) is 88.0 Å². The Morgan fingerprint density at radius 1 is 0.713 bits per heavy atom. The van der Waals surface area contributed by atoms with Crippen molar-refractivity contribution in [3.63, 3.8) is 0 Å². The molecule has 3 aromatic heterocycles. The number of aromatic nitrogens is 3. The number of nitrogens with zero attached hydrogens (tertiary/aromatic N) is 10. The van der Waals surface area contributed by atoms with E-state index in [1.807, 2.05) is 6.07 Å². The largest absolute Gasteiger partial charge is 0.497 e. The van der Waals surface area contributed by atoms with Crippen LogP contribution in [-0.2, 0) is 53.3 Å². The number of aliphatic hydroxyl groups excluding tert-OH is 2.